The summed E-state index contributed by atoms with van der Waals surface area (Å²) in [6.45, 7) is 6.06. The van der Waals surface area contributed by atoms with Gasteiger partial charge in [0.2, 0.25) is 0 Å². The van der Waals surface area contributed by atoms with E-state index in [9.17, 15) is 0 Å². The zero-order valence-corrected chi connectivity index (χ0v) is 8.45. The minimum Gasteiger partial charge on any atom is -0.237 e. The Kier molecular flexibility index (Phi) is 1.98. The third-order valence-corrected chi connectivity index (χ3v) is 1.65. The minimum absolute atomic E-state index is 0.0268. The Balaban J connectivity index is 2.96. The maximum atomic E-state index is 4.18. The van der Waals surface area contributed by atoms with E-state index in [4.69, 9.17) is 0 Å². The molecule has 4 heteroatoms. The van der Waals surface area contributed by atoms with Crippen molar-refractivity contribution in [3.63, 3.8) is 0 Å². The summed E-state index contributed by atoms with van der Waals surface area (Å²) in [4.78, 5) is 4.03. The van der Waals surface area contributed by atoms with E-state index in [2.05, 4.69) is 46.5 Å². The molecule has 1 rings (SSSR count). The molecule has 1 heterocycles. The zero-order chi connectivity index (χ0) is 7.78. The standard InChI is InChI=1S/C6H10IN3/c1-5-8-4-10(9-5)6(2,3)7/h4H,1-3H3. The Morgan fingerprint density at radius 3 is 2.40 bits per heavy atom. The summed E-state index contributed by atoms with van der Waals surface area (Å²) >= 11 is 2.32. The second-order valence-electron chi connectivity index (χ2n) is 2.65. The molecule has 1 aromatic rings. The van der Waals surface area contributed by atoms with Gasteiger partial charge in [-0.25, -0.2) is 9.67 Å². The van der Waals surface area contributed by atoms with Crippen LogP contribution in [0.5, 0.6) is 0 Å². The van der Waals surface area contributed by atoms with Crippen LogP contribution in [0.2, 0.25) is 0 Å². The predicted molar refractivity (Wildman–Crippen MR) is 48.1 cm³/mol. The van der Waals surface area contributed by atoms with Gasteiger partial charge in [-0.05, 0) is 20.8 Å². The lowest BCUT2D eigenvalue weighted by molar-refractivity contribution is 0.502. The maximum absolute atomic E-state index is 4.18. The lowest BCUT2D eigenvalue weighted by Gasteiger charge is -2.15. The van der Waals surface area contributed by atoms with Gasteiger partial charge in [0, 0.05) is 0 Å². The number of hydrogen-bond acceptors (Lipinski definition) is 2. The first-order chi connectivity index (χ1) is 4.50. The van der Waals surface area contributed by atoms with E-state index in [-0.39, 0.29) is 3.55 Å². The highest BCUT2D eigenvalue weighted by Gasteiger charge is 2.15. The van der Waals surface area contributed by atoms with Gasteiger partial charge in [0.05, 0.1) is 0 Å². The summed E-state index contributed by atoms with van der Waals surface area (Å²) < 4.78 is 1.88. The first-order valence-electron chi connectivity index (χ1n) is 3.08. The molecule has 0 fully saturated rings. The van der Waals surface area contributed by atoms with Gasteiger partial charge in [0.25, 0.3) is 0 Å². The van der Waals surface area contributed by atoms with E-state index >= 15 is 0 Å². The molecule has 0 N–H and O–H groups in total. The molecule has 0 aromatic carbocycles. The second-order valence-corrected chi connectivity index (χ2v) is 5.29. The molecule has 56 valence electrons. The van der Waals surface area contributed by atoms with E-state index in [1.807, 2.05) is 11.6 Å². The Labute approximate surface area is 74.0 Å². The highest BCUT2D eigenvalue weighted by atomic mass is 127. The number of halogens is 1. The van der Waals surface area contributed by atoms with Crippen molar-refractivity contribution in [2.24, 2.45) is 0 Å². The van der Waals surface area contributed by atoms with Crippen LogP contribution in [0.4, 0.5) is 0 Å². The molecule has 0 bridgehead atoms. The summed E-state index contributed by atoms with van der Waals surface area (Å²) in [5.41, 5.74) is 0. The normalized spacial score (nSPS) is 12.0. The maximum Gasteiger partial charge on any atom is 0.147 e. The highest BCUT2D eigenvalue weighted by molar-refractivity contribution is 14.1. The van der Waals surface area contributed by atoms with Crippen molar-refractivity contribution in [3.8, 4) is 0 Å². The molecule has 0 radical (unpaired) electrons. The van der Waals surface area contributed by atoms with Gasteiger partial charge in [0.1, 0.15) is 15.7 Å². The van der Waals surface area contributed by atoms with Crippen molar-refractivity contribution in [1.82, 2.24) is 14.8 Å². The summed E-state index contributed by atoms with van der Waals surface area (Å²) in [5, 5.41) is 4.18. The van der Waals surface area contributed by atoms with Crippen molar-refractivity contribution < 1.29 is 0 Å². The average molecular weight is 251 g/mol. The van der Waals surface area contributed by atoms with Crippen molar-refractivity contribution in [2.45, 2.75) is 24.3 Å². The van der Waals surface area contributed by atoms with Crippen LogP contribution in [0.1, 0.15) is 19.7 Å². The van der Waals surface area contributed by atoms with E-state index in [1.165, 1.54) is 0 Å². The molecule has 0 unspecified atom stereocenters. The molecule has 0 aliphatic rings. The minimum atomic E-state index is 0.0268. The SMILES string of the molecule is Cc1ncn(C(C)(C)I)n1. The third kappa shape index (κ3) is 1.68. The molecule has 0 spiro atoms. The summed E-state index contributed by atoms with van der Waals surface area (Å²) in [6.07, 6.45) is 1.75. The second kappa shape index (κ2) is 2.48. The lowest BCUT2D eigenvalue weighted by atomic mass is 10.4. The Morgan fingerprint density at radius 2 is 2.20 bits per heavy atom. The van der Waals surface area contributed by atoms with E-state index in [1.54, 1.807) is 6.33 Å². The summed E-state index contributed by atoms with van der Waals surface area (Å²) in [5.74, 6) is 0.824. The van der Waals surface area contributed by atoms with Gasteiger partial charge < -0.3 is 0 Å². The van der Waals surface area contributed by atoms with Gasteiger partial charge in [-0.2, -0.15) is 5.10 Å². The first kappa shape index (κ1) is 7.97. The van der Waals surface area contributed by atoms with Crippen LogP contribution in [0.3, 0.4) is 0 Å². The van der Waals surface area contributed by atoms with Crippen LogP contribution in [-0.4, -0.2) is 14.8 Å². The number of aryl methyl sites for hydroxylation is 1. The monoisotopic (exact) mass is 251 g/mol. The quantitative estimate of drug-likeness (QED) is 0.562. The molecule has 10 heavy (non-hydrogen) atoms. The summed E-state index contributed by atoms with van der Waals surface area (Å²) in [6, 6.07) is 0. The van der Waals surface area contributed by atoms with Gasteiger partial charge in [0.15, 0.2) is 0 Å². The molecule has 0 saturated heterocycles. The van der Waals surface area contributed by atoms with Crippen molar-refractivity contribution in [1.29, 1.82) is 0 Å². The molecule has 0 aliphatic heterocycles. The van der Waals surface area contributed by atoms with Crippen LogP contribution >= 0.6 is 22.6 Å². The largest absolute Gasteiger partial charge is 0.237 e. The fraction of sp³-hybridized carbons (Fsp3) is 0.667. The Hall–Kier alpha value is -0.130. The highest BCUT2D eigenvalue weighted by Crippen LogP contribution is 2.21. The van der Waals surface area contributed by atoms with Gasteiger partial charge in [-0.3, -0.25) is 0 Å². The van der Waals surface area contributed by atoms with Crippen LogP contribution in [0, 0.1) is 6.92 Å². The smallest absolute Gasteiger partial charge is 0.147 e. The lowest BCUT2D eigenvalue weighted by Crippen LogP contribution is -2.18. The third-order valence-electron chi connectivity index (χ3n) is 1.15. The Bertz CT molecular complexity index is 223. The molecule has 3 nitrogen and oxygen atoms in total. The Morgan fingerprint density at radius 1 is 1.60 bits per heavy atom. The fourth-order valence-electron chi connectivity index (χ4n) is 0.602. The molecular formula is C6H10IN3. The average Bonchev–Trinajstić information content (AvgIpc) is 2.11. The molecular weight excluding hydrogens is 241 g/mol. The van der Waals surface area contributed by atoms with E-state index in [0.29, 0.717) is 0 Å². The molecule has 0 aliphatic carbocycles. The molecule has 0 saturated carbocycles. The van der Waals surface area contributed by atoms with Gasteiger partial charge in [-0.1, -0.05) is 22.6 Å². The number of alkyl halides is 1. The fourth-order valence-corrected chi connectivity index (χ4v) is 0.834. The molecule has 0 atom stereocenters. The van der Waals surface area contributed by atoms with Crippen molar-refractivity contribution in [2.75, 3.05) is 0 Å². The molecule has 1 aromatic heterocycles. The topological polar surface area (TPSA) is 30.7 Å². The van der Waals surface area contributed by atoms with Crippen LogP contribution in [-0.2, 0) is 3.55 Å². The number of aromatic nitrogens is 3. The number of rotatable bonds is 1. The van der Waals surface area contributed by atoms with Crippen molar-refractivity contribution >= 4 is 22.6 Å². The van der Waals surface area contributed by atoms with Gasteiger partial charge in [-0.15, -0.1) is 0 Å². The predicted octanol–water partition coefficient (Wildman–Crippen LogP) is 1.71. The van der Waals surface area contributed by atoms with Crippen LogP contribution in [0.25, 0.3) is 0 Å². The van der Waals surface area contributed by atoms with E-state index < -0.39 is 0 Å². The van der Waals surface area contributed by atoms with Crippen molar-refractivity contribution in [3.05, 3.63) is 12.2 Å². The van der Waals surface area contributed by atoms with Crippen LogP contribution in [0.15, 0.2) is 6.33 Å². The van der Waals surface area contributed by atoms with Crippen LogP contribution < -0.4 is 0 Å². The molecule has 0 amide bonds. The number of hydrogen-bond donors (Lipinski definition) is 0. The summed E-state index contributed by atoms with van der Waals surface area (Å²) in [7, 11) is 0. The zero-order valence-electron chi connectivity index (χ0n) is 6.30. The van der Waals surface area contributed by atoms with E-state index in [0.717, 1.165) is 5.82 Å². The van der Waals surface area contributed by atoms with Gasteiger partial charge >= 0.3 is 0 Å². The first-order valence-corrected chi connectivity index (χ1v) is 4.15. The number of nitrogens with zero attached hydrogens (tertiary/aromatic N) is 3.